The minimum atomic E-state index is -0.800. The second-order valence-corrected chi connectivity index (χ2v) is 4.41. The number of aliphatic carboxylic acids is 1. The third kappa shape index (κ3) is 2.10. The molecular weight excluding hydrogens is 242 g/mol. The summed E-state index contributed by atoms with van der Waals surface area (Å²) in [6.07, 6.45) is 4.19. The van der Waals surface area contributed by atoms with E-state index in [1.807, 2.05) is 30.5 Å². The standard InChI is InChI=1S/C14H13N3O2/c18-13(19)6-5-9-7-16-17-14(9)11-8-15-12-4-2-1-3-10(11)12/h1-4,7-8,15H,5-6H2,(H,16,17)(H,18,19). The molecule has 0 radical (unpaired) electrons. The van der Waals surface area contributed by atoms with Gasteiger partial charge in [-0.25, -0.2) is 0 Å². The van der Waals surface area contributed by atoms with Gasteiger partial charge in [-0.2, -0.15) is 5.10 Å². The Bertz CT molecular complexity index is 727. The number of para-hydroxylation sites is 1. The Morgan fingerprint density at radius 3 is 3.00 bits per heavy atom. The third-order valence-corrected chi connectivity index (χ3v) is 3.18. The maximum absolute atomic E-state index is 10.7. The molecule has 0 aliphatic heterocycles. The fourth-order valence-corrected chi connectivity index (χ4v) is 2.25. The quantitative estimate of drug-likeness (QED) is 0.670. The summed E-state index contributed by atoms with van der Waals surface area (Å²) in [6.45, 7) is 0. The summed E-state index contributed by atoms with van der Waals surface area (Å²) in [6, 6.07) is 7.99. The van der Waals surface area contributed by atoms with E-state index in [1.165, 1.54) is 0 Å². The van der Waals surface area contributed by atoms with Gasteiger partial charge < -0.3 is 10.1 Å². The molecule has 5 heteroatoms. The molecule has 0 spiro atoms. The van der Waals surface area contributed by atoms with Crippen molar-refractivity contribution in [3.05, 3.63) is 42.2 Å². The molecule has 3 aromatic rings. The van der Waals surface area contributed by atoms with Crippen LogP contribution < -0.4 is 0 Å². The van der Waals surface area contributed by atoms with Gasteiger partial charge in [0, 0.05) is 29.1 Å². The molecule has 3 N–H and O–H groups in total. The highest BCUT2D eigenvalue weighted by Gasteiger charge is 2.12. The number of carboxylic acids is 1. The first-order valence-corrected chi connectivity index (χ1v) is 6.06. The smallest absolute Gasteiger partial charge is 0.303 e. The molecule has 0 amide bonds. The van der Waals surface area contributed by atoms with Crippen LogP contribution in [0.15, 0.2) is 36.7 Å². The highest BCUT2D eigenvalue weighted by Crippen LogP contribution is 2.29. The summed E-state index contributed by atoms with van der Waals surface area (Å²) in [5, 5.41) is 16.9. The van der Waals surface area contributed by atoms with Crippen molar-refractivity contribution >= 4 is 16.9 Å². The van der Waals surface area contributed by atoms with Gasteiger partial charge in [-0.15, -0.1) is 0 Å². The number of carbonyl (C=O) groups is 1. The van der Waals surface area contributed by atoms with Gasteiger partial charge in [0.05, 0.1) is 11.9 Å². The average molecular weight is 255 g/mol. The number of aromatic amines is 2. The molecular formula is C14H13N3O2. The molecule has 96 valence electrons. The summed E-state index contributed by atoms with van der Waals surface area (Å²) >= 11 is 0. The van der Waals surface area contributed by atoms with Crippen molar-refractivity contribution in [3.8, 4) is 11.3 Å². The largest absolute Gasteiger partial charge is 0.481 e. The molecule has 0 atom stereocenters. The van der Waals surface area contributed by atoms with Gasteiger partial charge >= 0.3 is 5.97 Å². The van der Waals surface area contributed by atoms with Gasteiger partial charge in [0.2, 0.25) is 0 Å². The predicted octanol–water partition coefficient (Wildman–Crippen LogP) is 2.58. The lowest BCUT2D eigenvalue weighted by Gasteiger charge is -2.00. The maximum atomic E-state index is 10.7. The first-order chi connectivity index (χ1) is 9.25. The minimum absolute atomic E-state index is 0.106. The van der Waals surface area contributed by atoms with E-state index in [0.29, 0.717) is 6.42 Å². The molecule has 5 nitrogen and oxygen atoms in total. The van der Waals surface area contributed by atoms with E-state index in [0.717, 1.165) is 27.7 Å². The van der Waals surface area contributed by atoms with Gasteiger partial charge in [0.25, 0.3) is 0 Å². The Balaban J connectivity index is 2.02. The van der Waals surface area contributed by atoms with Gasteiger partial charge in [-0.3, -0.25) is 9.89 Å². The fourth-order valence-electron chi connectivity index (χ4n) is 2.25. The fraction of sp³-hybridized carbons (Fsp3) is 0.143. The number of aryl methyl sites for hydroxylation is 1. The van der Waals surface area contributed by atoms with Crippen LogP contribution in [-0.2, 0) is 11.2 Å². The molecule has 2 heterocycles. The van der Waals surface area contributed by atoms with Crippen molar-refractivity contribution < 1.29 is 9.90 Å². The van der Waals surface area contributed by atoms with Crippen molar-refractivity contribution in [3.63, 3.8) is 0 Å². The molecule has 0 unspecified atom stereocenters. The second kappa shape index (κ2) is 4.61. The zero-order chi connectivity index (χ0) is 13.2. The molecule has 0 bridgehead atoms. The van der Waals surface area contributed by atoms with Gasteiger partial charge in [-0.05, 0) is 18.1 Å². The molecule has 3 rings (SSSR count). The molecule has 0 saturated heterocycles. The number of benzene rings is 1. The van der Waals surface area contributed by atoms with Crippen LogP contribution in [0, 0.1) is 0 Å². The lowest BCUT2D eigenvalue weighted by atomic mass is 10.0. The van der Waals surface area contributed by atoms with Crippen molar-refractivity contribution in [1.29, 1.82) is 0 Å². The predicted molar refractivity (Wildman–Crippen MR) is 71.8 cm³/mol. The number of H-pyrrole nitrogens is 2. The molecule has 0 aliphatic carbocycles. The Morgan fingerprint density at radius 1 is 1.32 bits per heavy atom. The van der Waals surface area contributed by atoms with Crippen LogP contribution in [0.2, 0.25) is 0 Å². The lowest BCUT2D eigenvalue weighted by molar-refractivity contribution is -0.136. The van der Waals surface area contributed by atoms with Crippen molar-refractivity contribution in [2.24, 2.45) is 0 Å². The monoisotopic (exact) mass is 255 g/mol. The Kier molecular flexibility index (Phi) is 2.79. The summed E-state index contributed by atoms with van der Waals surface area (Å²) in [4.78, 5) is 13.9. The number of rotatable bonds is 4. The highest BCUT2D eigenvalue weighted by molar-refractivity contribution is 5.95. The number of nitrogens with zero attached hydrogens (tertiary/aromatic N) is 1. The zero-order valence-corrected chi connectivity index (χ0v) is 10.2. The third-order valence-electron chi connectivity index (χ3n) is 3.18. The Hall–Kier alpha value is -2.56. The molecule has 2 aromatic heterocycles. The van der Waals surface area contributed by atoms with Crippen LogP contribution in [0.3, 0.4) is 0 Å². The van der Waals surface area contributed by atoms with E-state index < -0.39 is 5.97 Å². The van der Waals surface area contributed by atoms with Crippen LogP contribution in [-0.4, -0.2) is 26.3 Å². The van der Waals surface area contributed by atoms with Crippen LogP contribution >= 0.6 is 0 Å². The van der Waals surface area contributed by atoms with Crippen LogP contribution in [0.25, 0.3) is 22.2 Å². The van der Waals surface area contributed by atoms with Crippen LogP contribution in [0.4, 0.5) is 0 Å². The summed E-state index contributed by atoms with van der Waals surface area (Å²) < 4.78 is 0. The maximum Gasteiger partial charge on any atom is 0.303 e. The topological polar surface area (TPSA) is 81.8 Å². The Morgan fingerprint density at radius 2 is 2.16 bits per heavy atom. The SMILES string of the molecule is O=C(O)CCc1cn[nH]c1-c1c[nH]c2ccccc12. The van der Waals surface area contributed by atoms with E-state index in [4.69, 9.17) is 5.11 Å². The number of nitrogens with one attached hydrogen (secondary N) is 2. The van der Waals surface area contributed by atoms with Crippen molar-refractivity contribution in [2.45, 2.75) is 12.8 Å². The first-order valence-electron chi connectivity index (χ1n) is 6.06. The van der Waals surface area contributed by atoms with E-state index in [2.05, 4.69) is 15.2 Å². The summed E-state index contributed by atoms with van der Waals surface area (Å²) in [5.74, 6) is -0.800. The van der Waals surface area contributed by atoms with Crippen molar-refractivity contribution in [2.75, 3.05) is 0 Å². The molecule has 19 heavy (non-hydrogen) atoms. The molecule has 0 aliphatic rings. The number of hydrogen-bond donors (Lipinski definition) is 3. The lowest BCUT2D eigenvalue weighted by Crippen LogP contribution is -1.97. The Labute approximate surface area is 109 Å². The minimum Gasteiger partial charge on any atom is -0.481 e. The average Bonchev–Trinajstić information content (AvgIpc) is 3.02. The highest BCUT2D eigenvalue weighted by atomic mass is 16.4. The number of aromatic nitrogens is 3. The zero-order valence-electron chi connectivity index (χ0n) is 10.2. The van der Waals surface area contributed by atoms with Gasteiger partial charge in [-0.1, -0.05) is 18.2 Å². The van der Waals surface area contributed by atoms with Gasteiger partial charge in [0.1, 0.15) is 0 Å². The molecule has 0 fully saturated rings. The number of carboxylic acid groups (broad SMARTS) is 1. The normalized spacial score (nSPS) is 10.9. The van der Waals surface area contributed by atoms with Crippen molar-refractivity contribution in [1.82, 2.24) is 15.2 Å². The summed E-state index contributed by atoms with van der Waals surface area (Å²) in [5.41, 5.74) is 3.88. The van der Waals surface area contributed by atoms with E-state index in [-0.39, 0.29) is 6.42 Å². The van der Waals surface area contributed by atoms with Crippen LogP contribution in [0.1, 0.15) is 12.0 Å². The second-order valence-electron chi connectivity index (χ2n) is 4.41. The van der Waals surface area contributed by atoms with E-state index in [9.17, 15) is 4.79 Å². The summed E-state index contributed by atoms with van der Waals surface area (Å²) in [7, 11) is 0. The molecule has 1 aromatic carbocycles. The van der Waals surface area contributed by atoms with E-state index >= 15 is 0 Å². The molecule has 0 saturated carbocycles. The number of hydrogen-bond acceptors (Lipinski definition) is 2. The van der Waals surface area contributed by atoms with Crippen LogP contribution in [0.5, 0.6) is 0 Å². The number of fused-ring (bicyclic) bond motifs is 1. The van der Waals surface area contributed by atoms with E-state index in [1.54, 1.807) is 6.20 Å². The first kappa shape index (κ1) is 11.5. The van der Waals surface area contributed by atoms with Gasteiger partial charge in [0.15, 0.2) is 0 Å².